The molecular formula is C9H17NO. The minimum absolute atomic E-state index is 0.795. The maximum Gasteiger partial charge on any atom is 0.0999 e. The normalized spacial score (nSPS) is 19.6. The molecule has 0 aromatic heterocycles. The predicted octanol–water partition coefficient (Wildman–Crippen LogP) is 1.63. The van der Waals surface area contributed by atoms with E-state index in [-0.39, 0.29) is 0 Å². The molecule has 0 atom stereocenters. The summed E-state index contributed by atoms with van der Waals surface area (Å²) in [6.45, 7) is 7.86. The summed E-state index contributed by atoms with van der Waals surface area (Å²) in [5, 5.41) is 0. The predicted molar refractivity (Wildman–Crippen MR) is 46.4 cm³/mol. The number of hydrogen-bond acceptors (Lipinski definition) is 2. The van der Waals surface area contributed by atoms with Gasteiger partial charge in [0.1, 0.15) is 0 Å². The first kappa shape index (κ1) is 8.60. The number of nitrogens with zero attached hydrogens (tertiary/aromatic N) is 1. The van der Waals surface area contributed by atoms with Gasteiger partial charge in [0.15, 0.2) is 0 Å². The Labute approximate surface area is 68.8 Å². The molecule has 0 amide bonds. The average molecular weight is 155 g/mol. The fourth-order valence-electron chi connectivity index (χ4n) is 1.45. The van der Waals surface area contributed by atoms with Crippen LogP contribution in [0.1, 0.15) is 19.3 Å². The summed E-state index contributed by atoms with van der Waals surface area (Å²) in [5.41, 5.74) is 0. The molecule has 64 valence electrons. The van der Waals surface area contributed by atoms with E-state index in [1.54, 1.807) is 0 Å². The second-order valence-corrected chi connectivity index (χ2v) is 2.94. The Morgan fingerprint density at radius 2 is 2.00 bits per heavy atom. The summed E-state index contributed by atoms with van der Waals surface area (Å²) in [5.74, 6) is 0. The van der Waals surface area contributed by atoms with Crippen molar-refractivity contribution in [3.05, 3.63) is 12.8 Å². The Morgan fingerprint density at radius 3 is 2.64 bits per heavy atom. The number of hydrogen-bond donors (Lipinski definition) is 0. The van der Waals surface area contributed by atoms with Gasteiger partial charge in [0.2, 0.25) is 0 Å². The van der Waals surface area contributed by atoms with Crippen LogP contribution in [0.5, 0.6) is 0 Å². The monoisotopic (exact) mass is 155 g/mol. The summed E-state index contributed by atoms with van der Waals surface area (Å²) in [4.78, 5) is 2.45. The highest BCUT2D eigenvalue weighted by Crippen LogP contribution is 2.07. The van der Waals surface area contributed by atoms with Crippen LogP contribution in [0.25, 0.3) is 0 Å². The molecular weight excluding hydrogens is 138 g/mol. The van der Waals surface area contributed by atoms with Crippen molar-refractivity contribution in [3.63, 3.8) is 0 Å². The molecule has 1 aliphatic heterocycles. The van der Waals surface area contributed by atoms with Gasteiger partial charge >= 0.3 is 0 Å². The highest BCUT2D eigenvalue weighted by atomic mass is 16.5. The third-order valence-corrected chi connectivity index (χ3v) is 2.09. The van der Waals surface area contributed by atoms with Gasteiger partial charge in [-0.2, -0.15) is 0 Å². The first-order valence-electron chi connectivity index (χ1n) is 4.38. The second-order valence-electron chi connectivity index (χ2n) is 2.94. The molecule has 0 unspecified atom stereocenters. The van der Waals surface area contributed by atoms with Crippen molar-refractivity contribution in [2.75, 3.05) is 26.2 Å². The lowest BCUT2D eigenvalue weighted by molar-refractivity contribution is 0.159. The zero-order valence-corrected chi connectivity index (χ0v) is 7.09. The maximum atomic E-state index is 5.06. The van der Waals surface area contributed by atoms with Crippen molar-refractivity contribution in [2.24, 2.45) is 0 Å². The van der Waals surface area contributed by atoms with E-state index >= 15 is 0 Å². The van der Waals surface area contributed by atoms with E-state index in [0.717, 1.165) is 13.2 Å². The molecule has 0 radical (unpaired) electrons. The second kappa shape index (κ2) is 5.19. The van der Waals surface area contributed by atoms with E-state index in [1.807, 2.05) is 0 Å². The van der Waals surface area contributed by atoms with Gasteiger partial charge in [-0.25, -0.2) is 0 Å². The third-order valence-electron chi connectivity index (χ3n) is 2.09. The Balaban J connectivity index is 2.00. The average Bonchev–Trinajstić information content (AvgIpc) is 2.07. The standard InChI is InChI=1S/C9H17NO/c1-2-11-9-8-10-6-4-3-5-7-10/h2H,1,3-9H2. The number of piperidine rings is 1. The van der Waals surface area contributed by atoms with Gasteiger partial charge in [0, 0.05) is 6.54 Å². The lowest BCUT2D eigenvalue weighted by Gasteiger charge is -2.25. The minimum atomic E-state index is 0.795. The van der Waals surface area contributed by atoms with E-state index in [0.29, 0.717) is 0 Å². The summed E-state index contributed by atoms with van der Waals surface area (Å²) >= 11 is 0. The zero-order chi connectivity index (χ0) is 7.94. The van der Waals surface area contributed by atoms with Crippen LogP contribution in [0.2, 0.25) is 0 Å². The van der Waals surface area contributed by atoms with E-state index in [1.165, 1.54) is 38.6 Å². The van der Waals surface area contributed by atoms with Crippen LogP contribution in [0.15, 0.2) is 12.8 Å². The molecule has 0 bridgehead atoms. The highest BCUT2D eigenvalue weighted by Gasteiger charge is 2.08. The van der Waals surface area contributed by atoms with Gasteiger partial charge in [-0.05, 0) is 25.9 Å². The SMILES string of the molecule is C=COCCN1CCCCC1. The van der Waals surface area contributed by atoms with E-state index < -0.39 is 0 Å². The molecule has 1 saturated heterocycles. The van der Waals surface area contributed by atoms with Crippen molar-refractivity contribution in [3.8, 4) is 0 Å². The quantitative estimate of drug-likeness (QED) is 0.452. The van der Waals surface area contributed by atoms with Crippen LogP contribution in [0.3, 0.4) is 0 Å². The molecule has 0 spiro atoms. The Morgan fingerprint density at radius 1 is 1.27 bits per heavy atom. The van der Waals surface area contributed by atoms with E-state index in [4.69, 9.17) is 4.74 Å². The van der Waals surface area contributed by atoms with Crippen molar-refractivity contribution in [2.45, 2.75) is 19.3 Å². The van der Waals surface area contributed by atoms with Crippen molar-refractivity contribution < 1.29 is 4.74 Å². The molecule has 0 aliphatic carbocycles. The molecule has 1 fully saturated rings. The van der Waals surface area contributed by atoms with Crippen molar-refractivity contribution in [1.29, 1.82) is 0 Å². The topological polar surface area (TPSA) is 12.5 Å². The molecule has 0 aromatic carbocycles. The van der Waals surface area contributed by atoms with Gasteiger partial charge in [0.25, 0.3) is 0 Å². The fourth-order valence-corrected chi connectivity index (χ4v) is 1.45. The Hall–Kier alpha value is -0.500. The Bertz CT molecular complexity index is 108. The molecule has 1 rings (SSSR count). The molecule has 11 heavy (non-hydrogen) atoms. The van der Waals surface area contributed by atoms with Gasteiger partial charge < -0.3 is 4.74 Å². The van der Waals surface area contributed by atoms with Crippen LogP contribution < -0.4 is 0 Å². The summed E-state index contributed by atoms with van der Waals surface area (Å²) < 4.78 is 5.06. The lowest BCUT2D eigenvalue weighted by atomic mass is 10.1. The van der Waals surface area contributed by atoms with Crippen molar-refractivity contribution in [1.82, 2.24) is 4.90 Å². The molecule has 2 nitrogen and oxygen atoms in total. The Kier molecular flexibility index (Phi) is 4.06. The molecule has 1 aliphatic rings. The van der Waals surface area contributed by atoms with E-state index in [2.05, 4.69) is 11.5 Å². The van der Waals surface area contributed by atoms with Crippen LogP contribution in [0.4, 0.5) is 0 Å². The third kappa shape index (κ3) is 3.42. The van der Waals surface area contributed by atoms with Gasteiger partial charge in [-0.15, -0.1) is 0 Å². The minimum Gasteiger partial charge on any atom is -0.500 e. The zero-order valence-electron chi connectivity index (χ0n) is 7.09. The molecule has 1 heterocycles. The summed E-state index contributed by atoms with van der Waals surface area (Å²) in [6, 6.07) is 0. The van der Waals surface area contributed by atoms with Gasteiger partial charge in [-0.3, -0.25) is 4.90 Å². The molecule has 0 saturated carbocycles. The van der Waals surface area contributed by atoms with Crippen LogP contribution >= 0.6 is 0 Å². The number of ether oxygens (including phenoxy) is 1. The van der Waals surface area contributed by atoms with Crippen molar-refractivity contribution >= 4 is 0 Å². The first-order chi connectivity index (χ1) is 5.43. The molecule has 2 heteroatoms. The van der Waals surface area contributed by atoms with E-state index in [9.17, 15) is 0 Å². The van der Waals surface area contributed by atoms with Crippen LogP contribution in [0, 0.1) is 0 Å². The summed E-state index contributed by atoms with van der Waals surface area (Å²) in [6.07, 6.45) is 5.63. The van der Waals surface area contributed by atoms with Crippen LogP contribution in [-0.2, 0) is 4.74 Å². The maximum absolute atomic E-state index is 5.06. The molecule has 0 aromatic rings. The number of rotatable bonds is 4. The first-order valence-corrected chi connectivity index (χ1v) is 4.38. The van der Waals surface area contributed by atoms with Gasteiger partial charge in [-0.1, -0.05) is 13.0 Å². The van der Waals surface area contributed by atoms with Crippen LogP contribution in [-0.4, -0.2) is 31.1 Å². The lowest BCUT2D eigenvalue weighted by Crippen LogP contribution is -2.32. The summed E-state index contributed by atoms with van der Waals surface area (Å²) in [7, 11) is 0. The largest absolute Gasteiger partial charge is 0.500 e. The highest BCUT2D eigenvalue weighted by molar-refractivity contribution is 4.64. The fraction of sp³-hybridized carbons (Fsp3) is 0.778. The molecule has 0 N–H and O–H groups in total. The smallest absolute Gasteiger partial charge is 0.0999 e. The number of likely N-dealkylation sites (tertiary alicyclic amines) is 1. The van der Waals surface area contributed by atoms with Gasteiger partial charge in [0.05, 0.1) is 12.9 Å².